The van der Waals surface area contributed by atoms with Crippen LogP contribution in [0.2, 0.25) is 0 Å². The molecule has 0 saturated heterocycles. The number of benzene rings is 1. The summed E-state index contributed by atoms with van der Waals surface area (Å²) in [6.45, 7) is 3.72. The summed E-state index contributed by atoms with van der Waals surface area (Å²) in [5, 5.41) is 0. The van der Waals surface area contributed by atoms with Gasteiger partial charge in [0.05, 0.1) is 0 Å². The summed E-state index contributed by atoms with van der Waals surface area (Å²) >= 11 is 0. The number of hydrogen-bond acceptors (Lipinski definition) is 0. The molecule has 0 aromatic heterocycles. The van der Waals surface area contributed by atoms with Crippen LogP contribution in [0.25, 0.3) is 0 Å². The van der Waals surface area contributed by atoms with E-state index in [1.165, 1.54) is 5.56 Å². The zero-order valence-corrected chi connectivity index (χ0v) is 13.5. The Balaban J connectivity index is 0.000000259. The minimum atomic E-state index is 0. The Kier molecular flexibility index (Phi) is 14.6. The van der Waals surface area contributed by atoms with E-state index >= 15 is 0 Å². The van der Waals surface area contributed by atoms with Gasteiger partial charge >= 0.3 is 26.2 Å². The van der Waals surface area contributed by atoms with Crippen molar-refractivity contribution in [3.8, 4) is 0 Å². The molecular formula is C18H18Zr. The van der Waals surface area contributed by atoms with Gasteiger partial charge in [0.2, 0.25) is 0 Å². The summed E-state index contributed by atoms with van der Waals surface area (Å²) in [7, 11) is 0. The second-order valence-electron chi connectivity index (χ2n) is 3.56. The molecule has 2 saturated carbocycles. The molecule has 10 radical (unpaired) electrons. The van der Waals surface area contributed by atoms with Gasteiger partial charge in [-0.05, 0) is 64.2 Å². The van der Waals surface area contributed by atoms with Gasteiger partial charge in [-0.2, -0.15) is 42.3 Å². The Morgan fingerprint density at radius 1 is 0.737 bits per heavy atom. The van der Waals surface area contributed by atoms with Gasteiger partial charge in [0.1, 0.15) is 0 Å². The van der Waals surface area contributed by atoms with Crippen LogP contribution in [-0.4, -0.2) is 0 Å². The SMILES string of the molecule is [CH2-]Cc1[c-]cccc1.[CH]1[CH][CH][CH][CH]1.[CH]1[CH][CH][CH][CH]1.[Zr+2]. The van der Waals surface area contributed by atoms with Crippen LogP contribution in [0.1, 0.15) is 5.56 Å². The minimum Gasteiger partial charge on any atom is -0.341 e. The Bertz CT molecular complexity index is 235. The van der Waals surface area contributed by atoms with Crippen molar-refractivity contribution >= 4 is 0 Å². The second kappa shape index (κ2) is 14.5. The summed E-state index contributed by atoms with van der Waals surface area (Å²) < 4.78 is 0. The molecule has 0 spiro atoms. The van der Waals surface area contributed by atoms with Gasteiger partial charge in [0.25, 0.3) is 0 Å². The molecule has 94 valence electrons. The van der Waals surface area contributed by atoms with Crippen LogP contribution in [0, 0.1) is 77.2 Å². The average molecular weight is 326 g/mol. The Labute approximate surface area is 139 Å². The summed E-state index contributed by atoms with van der Waals surface area (Å²) in [5.41, 5.74) is 1.17. The van der Waals surface area contributed by atoms with Crippen molar-refractivity contribution in [3.63, 3.8) is 0 Å². The van der Waals surface area contributed by atoms with Gasteiger partial charge in [-0.1, -0.05) is 0 Å². The summed E-state index contributed by atoms with van der Waals surface area (Å²) in [4.78, 5) is 0. The fourth-order valence-corrected chi connectivity index (χ4v) is 1.23. The van der Waals surface area contributed by atoms with Crippen LogP contribution in [0.15, 0.2) is 24.3 Å². The van der Waals surface area contributed by atoms with Crippen molar-refractivity contribution in [2.24, 2.45) is 0 Å². The van der Waals surface area contributed by atoms with Crippen molar-refractivity contribution in [3.05, 3.63) is 107 Å². The van der Waals surface area contributed by atoms with E-state index in [9.17, 15) is 0 Å². The zero-order valence-electron chi connectivity index (χ0n) is 11.0. The summed E-state index contributed by atoms with van der Waals surface area (Å²) in [6, 6.07) is 10.9. The topological polar surface area (TPSA) is 0 Å². The maximum Gasteiger partial charge on any atom is 2.00 e. The Hall–Kier alpha value is 0.103. The minimum absolute atomic E-state index is 0. The molecule has 0 N–H and O–H groups in total. The zero-order chi connectivity index (χ0) is 12.9. The van der Waals surface area contributed by atoms with Gasteiger partial charge in [-0.15, -0.1) is 0 Å². The molecule has 0 unspecified atom stereocenters. The molecule has 2 fully saturated rings. The molecule has 2 aliphatic rings. The Morgan fingerprint density at radius 3 is 1.37 bits per heavy atom. The quantitative estimate of drug-likeness (QED) is 0.687. The molecule has 3 rings (SSSR count). The molecule has 1 heteroatoms. The number of hydrogen-bond donors (Lipinski definition) is 0. The average Bonchev–Trinajstić information content (AvgIpc) is 3.17. The van der Waals surface area contributed by atoms with E-state index in [0.717, 1.165) is 6.42 Å². The largest absolute Gasteiger partial charge is 2.00 e. The monoisotopic (exact) mass is 324 g/mol. The fourth-order valence-electron chi connectivity index (χ4n) is 1.23. The van der Waals surface area contributed by atoms with Gasteiger partial charge in [0.15, 0.2) is 0 Å². The molecular weight excluding hydrogens is 307 g/mol. The van der Waals surface area contributed by atoms with Crippen molar-refractivity contribution in [1.82, 2.24) is 0 Å². The number of rotatable bonds is 1. The summed E-state index contributed by atoms with van der Waals surface area (Å²) in [6.07, 6.45) is 20.8. The second-order valence-corrected chi connectivity index (χ2v) is 3.56. The third-order valence-corrected chi connectivity index (χ3v) is 2.15. The predicted molar refractivity (Wildman–Crippen MR) is 77.3 cm³/mol. The van der Waals surface area contributed by atoms with Gasteiger partial charge in [-0.25, -0.2) is 0 Å². The smallest absolute Gasteiger partial charge is 0.341 e. The first-order valence-electron chi connectivity index (χ1n) is 6.01. The van der Waals surface area contributed by atoms with E-state index < -0.39 is 0 Å². The molecule has 0 aliphatic heterocycles. The van der Waals surface area contributed by atoms with Crippen molar-refractivity contribution in [2.75, 3.05) is 0 Å². The van der Waals surface area contributed by atoms with Crippen LogP contribution in [0.5, 0.6) is 0 Å². The van der Waals surface area contributed by atoms with E-state index in [1.807, 2.05) is 88.5 Å². The van der Waals surface area contributed by atoms with Gasteiger partial charge < -0.3 is 6.92 Å². The third-order valence-electron chi connectivity index (χ3n) is 2.15. The van der Waals surface area contributed by atoms with Gasteiger partial charge in [0, 0.05) is 0 Å². The van der Waals surface area contributed by atoms with Crippen LogP contribution in [0.3, 0.4) is 0 Å². The normalized spacial score (nSPS) is 16.5. The molecule has 0 nitrogen and oxygen atoms in total. The van der Waals surface area contributed by atoms with E-state index in [0.29, 0.717) is 0 Å². The van der Waals surface area contributed by atoms with E-state index in [-0.39, 0.29) is 26.2 Å². The third kappa shape index (κ3) is 11.6. The molecule has 1 aromatic rings. The first-order valence-corrected chi connectivity index (χ1v) is 6.01. The standard InChI is InChI=1S/C8H8.2C5H5.Zr/c1-2-8-6-4-3-5-7-8;2*1-2-4-5-3-1;/h3-6H,1-2H2;2*1-5H;/q-2;;;+2. The first-order chi connectivity index (χ1) is 8.93. The van der Waals surface area contributed by atoms with Crippen LogP contribution in [-0.2, 0) is 32.6 Å². The predicted octanol–water partition coefficient (Wildman–Crippen LogP) is 3.90. The molecule has 19 heavy (non-hydrogen) atoms. The maximum atomic E-state index is 3.72. The van der Waals surface area contributed by atoms with Crippen molar-refractivity contribution in [2.45, 2.75) is 6.42 Å². The van der Waals surface area contributed by atoms with Crippen molar-refractivity contribution < 1.29 is 26.2 Å². The van der Waals surface area contributed by atoms with E-state index in [2.05, 4.69) is 13.0 Å². The maximum absolute atomic E-state index is 3.72. The molecule has 1 aromatic carbocycles. The van der Waals surface area contributed by atoms with E-state index in [1.54, 1.807) is 0 Å². The molecule has 2 aliphatic carbocycles. The molecule has 0 bridgehead atoms. The molecule has 0 amide bonds. The van der Waals surface area contributed by atoms with Crippen LogP contribution >= 0.6 is 0 Å². The molecule has 0 atom stereocenters. The van der Waals surface area contributed by atoms with Crippen molar-refractivity contribution in [1.29, 1.82) is 0 Å². The van der Waals surface area contributed by atoms with Gasteiger partial charge in [-0.3, -0.25) is 0 Å². The molecule has 0 heterocycles. The first kappa shape index (κ1) is 19.1. The van der Waals surface area contributed by atoms with E-state index in [4.69, 9.17) is 0 Å². The van der Waals surface area contributed by atoms with Crippen LogP contribution in [0.4, 0.5) is 0 Å². The summed E-state index contributed by atoms with van der Waals surface area (Å²) in [5.74, 6) is 0. The Morgan fingerprint density at radius 2 is 1.16 bits per heavy atom. The fraction of sp³-hybridized carbons (Fsp3) is 0.0556. The van der Waals surface area contributed by atoms with Crippen LogP contribution < -0.4 is 0 Å².